The number of hydrogen-bond acceptors (Lipinski definition) is 4. The lowest BCUT2D eigenvalue weighted by Crippen LogP contribution is -2.23. The Kier molecular flexibility index (Phi) is 6.17. The molecule has 0 saturated heterocycles. The van der Waals surface area contributed by atoms with Gasteiger partial charge in [0.1, 0.15) is 11.6 Å². The van der Waals surface area contributed by atoms with Gasteiger partial charge in [0.05, 0.1) is 12.7 Å². The van der Waals surface area contributed by atoms with Crippen molar-refractivity contribution < 1.29 is 9.53 Å². The zero-order chi connectivity index (χ0) is 16.5. The van der Waals surface area contributed by atoms with Crippen LogP contribution in [0.3, 0.4) is 0 Å². The second kappa shape index (κ2) is 8.58. The molecule has 5 nitrogen and oxygen atoms in total. The first-order valence-electron chi connectivity index (χ1n) is 7.45. The first-order valence-corrected chi connectivity index (χ1v) is 7.45. The molecular weight excluding hydrogens is 290 g/mol. The van der Waals surface area contributed by atoms with Crippen molar-refractivity contribution in [3.05, 3.63) is 66.4 Å². The molecule has 1 heterocycles. The minimum atomic E-state index is -0.155. The SMILES string of the molecule is C=CCNC(=O)c1ccc(NCCc2ccccc2OC)nc1. The van der Waals surface area contributed by atoms with E-state index in [0.717, 1.165) is 30.1 Å². The van der Waals surface area contributed by atoms with Gasteiger partial charge in [-0.2, -0.15) is 0 Å². The number of carbonyl (C=O) groups excluding carboxylic acids is 1. The monoisotopic (exact) mass is 311 g/mol. The fraction of sp³-hybridized carbons (Fsp3) is 0.222. The molecule has 23 heavy (non-hydrogen) atoms. The lowest BCUT2D eigenvalue weighted by molar-refractivity contribution is 0.0957. The van der Waals surface area contributed by atoms with Gasteiger partial charge in [-0.15, -0.1) is 6.58 Å². The number of amides is 1. The minimum absolute atomic E-state index is 0.155. The number of pyridine rings is 1. The highest BCUT2D eigenvalue weighted by Gasteiger charge is 2.05. The Balaban J connectivity index is 1.86. The average molecular weight is 311 g/mol. The molecule has 2 N–H and O–H groups in total. The fourth-order valence-corrected chi connectivity index (χ4v) is 2.13. The van der Waals surface area contributed by atoms with Crippen molar-refractivity contribution in [1.82, 2.24) is 10.3 Å². The van der Waals surface area contributed by atoms with Crippen molar-refractivity contribution >= 4 is 11.7 Å². The van der Waals surface area contributed by atoms with Crippen LogP contribution in [0.1, 0.15) is 15.9 Å². The highest BCUT2D eigenvalue weighted by molar-refractivity contribution is 5.94. The molecule has 120 valence electrons. The molecule has 0 atom stereocenters. The van der Waals surface area contributed by atoms with Gasteiger partial charge in [0.2, 0.25) is 0 Å². The summed E-state index contributed by atoms with van der Waals surface area (Å²) in [6, 6.07) is 11.5. The van der Waals surface area contributed by atoms with Gasteiger partial charge in [-0.25, -0.2) is 4.98 Å². The van der Waals surface area contributed by atoms with Crippen molar-refractivity contribution in [2.45, 2.75) is 6.42 Å². The summed E-state index contributed by atoms with van der Waals surface area (Å²) in [7, 11) is 1.67. The van der Waals surface area contributed by atoms with E-state index >= 15 is 0 Å². The third-order valence-electron chi connectivity index (χ3n) is 3.33. The molecule has 2 rings (SSSR count). The van der Waals surface area contributed by atoms with Crippen molar-refractivity contribution in [2.75, 3.05) is 25.5 Å². The van der Waals surface area contributed by atoms with Gasteiger partial charge >= 0.3 is 0 Å². The van der Waals surface area contributed by atoms with Crippen LogP contribution in [0.25, 0.3) is 0 Å². The molecule has 5 heteroatoms. The zero-order valence-corrected chi connectivity index (χ0v) is 13.2. The summed E-state index contributed by atoms with van der Waals surface area (Å²) >= 11 is 0. The third-order valence-corrected chi connectivity index (χ3v) is 3.33. The fourth-order valence-electron chi connectivity index (χ4n) is 2.13. The van der Waals surface area contributed by atoms with Crippen molar-refractivity contribution in [3.8, 4) is 5.75 Å². The summed E-state index contributed by atoms with van der Waals surface area (Å²) in [4.78, 5) is 16.0. The smallest absolute Gasteiger partial charge is 0.253 e. The first kappa shape index (κ1) is 16.5. The number of benzene rings is 1. The predicted octanol–water partition coefficient (Wildman–Crippen LogP) is 2.66. The molecule has 0 spiro atoms. The van der Waals surface area contributed by atoms with Crippen LogP contribution in [0.15, 0.2) is 55.3 Å². The Hall–Kier alpha value is -2.82. The number of nitrogens with one attached hydrogen (secondary N) is 2. The van der Waals surface area contributed by atoms with Gasteiger partial charge in [0, 0.05) is 19.3 Å². The molecule has 1 amide bonds. The number of hydrogen-bond donors (Lipinski definition) is 2. The molecule has 0 saturated carbocycles. The van der Waals surface area contributed by atoms with Crippen LogP contribution in [0, 0.1) is 0 Å². The van der Waals surface area contributed by atoms with Crippen LogP contribution < -0.4 is 15.4 Å². The molecule has 0 bridgehead atoms. The Bertz CT molecular complexity index is 654. The van der Waals surface area contributed by atoms with E-state index in [4.69, 9.17) is 4.74 Å². The van der Waals surface area contributed by atoms with Crippen LogP contribution in [-0.4, -0.2) is 31.1 Å². The number of carbonyl (C=O) groups is 1. The van der Waals surface area contributed by atoms with Gasteiger partial charge in [0.25, 0.3) is 5.91 Å². The van der Waals surface area contributed by atoms with Crippen molar-refractivity contribution in [3.63, 3.8) is 0 Å². The van der Waals surface area contributed by atoms with E-state index < -0.39 is 0 Å². The number of rotatable bonds is 8. The average Bonchev–Trinajstić information content (AvgIpc) is 2.60. The van der Waals surface area contributed by atoms with Crippen LogP contribution >= 0.6 is 0 Å². The molecule has 2 aromatic rings. The standard InChI is InChI=1S/C18H21N3O2/c1-3-11-20-18(22)15-8-9-17(21-13-15)19-12-10-14-6-4-5-7-16(14)23-2/h3-9,13H,1,10-12H2,2H3,(H,19,21)(H,20,22). The van der Waals surface area contributed by atoms with E-state index in [-0.39, 0.29) is 5.91 Å². The highest BCUT2D eigenvalue weighted by Crippen LogP contribution is 2.17. The van der Waals surface area contributed by atoms with Gasteiger partial charge in [-0.1, -0.05) is 24.3 Å². The summed E-state index contributed by atoms with van der Waals surface area (Å²) in [5.74, 6) is 1.47. The number of methoxy groups -OCH3 is 1. The minimum Gasteiger partial charge on any atom is -0.496 e. The summed E-state index contributed by atoms with van der Waals surface area (Å²) in [6.07, 6.45) is 4.02. The maximum absolute atomic E-state index is 11.8. The number of nitrogens with zero attached hydrogens (tertiary/aromatic N) is 1. The number of para-hydroxylation sites is 1. The molecular formula is C18H21N3O2. The summed E-state index contributed by atoms with van der Waals surface area (Å²) < 4.78 is 5.33. The predicted molar refractivity (Wildman–Crippen MR) is 92.0 cm³/mol. The number of anilines is 1. The van der Waals surface area contributed by atoms with Gasteiger partial charge < -0.3 is 15.4 Å². The zero-order valence-electron chi connectivity index (χ0n) is 13.2. The lowest BCUT2D eigenvalue weighted by Gasteiger charge is -2.09. The van der Waals surface area contributed by atoms with Gasteiger partial charge in [-0.05, 0) is 30.2 Å². The van der Waals surface area contributed by atoms with Crippen LogP contribution in [0.5, 0.6) is 5.75 Å². The topological polar surface area (TPSA) is 63.2 Å². The Labute approximate surface area is 136 Å². The molecule has 0 fully saturated rings. The molecule has 0 aliphatic rings. The lowest BCUT2D eigenvalue weighted by atomic mass is 10.1. The molecule has 1 aromatic carbocycles. The van der Waals surface area contributed by atoms with Crippen molar-refractivity contribution in [2.24, 2.45) is 0 Å². The van der Waals surface area contributed by atoms with E-state index in [9.17, 15) is 4.79 Å². The van der Waals surface area contributed by atoms with Crippen LogP contribution in [-0.2, 0) is 6.42 Å². The van der Waals surface area contributed by atoms with Gasteiger partial charge in [-0.3, -0.25) is 4.79 Å². The Morgan fingerprint density at radius 1 is 1.30 bits per heavy atom. The maximum Gasteiger partial charge on any atom is 0.253 e. The summed E-state index contributed by atoms with van der Waals surface area (Å²) in [5, 5.41) is 5.95. The molecule has 0 unspecified atom stereocenters. The third kappa shape index (κ3) is 4.85. The quantitative estimate of drug-likeness (QED) is 0.736. The number of ether oxygens (including phenoxy) is 1. The van der Waals surface area contributed by atoms with Gasteiger partial charge in [0.15, 0.2) is 0 Å². The molecule has 1 aromatic heterocycles. The second-order valence-electron chi connectivity index (χ2n) is 4.92. The molecule has 0 aliphatic carbocycles. The maximum atomic E-state index is 11.8. The van der Waals surface area contributed by atoms with E-state index in [2.05, 4.69) is 22.2 Å². The Morgan fingerprint density at radius 3 is 2.83 bits per heavy atom. The molecule has 0 radical (unpaired) electrons. The molecule has 0 aliphatic heterocycles. The van der Waals surface area contributed by atoms with E-state index in [1.165, 1.54) is 0 Å². The summed E-state index contributed by atoms with van der Waals surface area (Å²) in [5.41, 5.74) is 1.67. The largest absolute Gasteiger partial charge is 0.496 e. The summed E-state index contributed by atoms with van der Waals surface area (Å²) in [6.45, 7) is 4.74. The van der Waals surface area contributed by atoms with Crippen molar-refractivity contribution in [1.29, 1.82) is 0 Å². The first-order chi connectivity index (χ1) is 11.2. The van der Waals surface area contributed by atoms with Crippen LogP contribution in [0.2, 0.25) is 0 Å². The van der Waals surface area contributed by atoms with E-state index in [1.807, 2.05) is 24.3 Å². The van der Waals surface area contributed by atoms with E-state index in [1.54, 1.807) is 31.5 Å². The highest BCUT2D eigenvalue weighted by atomic mass is 16.5. The normalized spacial score (nSPS) is 9.96. The van der Waals surface area contributed by atoms with E-state index in [0.29, 0.717) is 12.1 Å². The number of aromatic nitrogens is 1. The second-order valence-corrected chi connectivity index (χ2v) is 4.92. The van der Waals surface area contributed by atoms with Crippen LogP contribution in [0.4, 0.5) is 5.82 Å². The Morgan fingerprint density at radius 2 is 2.13 bits per heavy atom.